The van der Waals surface area contributed by atoms with Crippen molar-refractivity contribution in [1.29, 1.82) is 0 Å². The van der Waals surface area contributed by atoms with E-state index in [1.165, 1.54) is 27.3 Å². The second kappa shape index (κ2) is 11.3. The minimum absolute atomic E-state index is 0.0929. The number of hydrogen-bond donors (Lipinski definition) is 1. The van der Waals surface area contributed by atoms with E-state index in [9.17, 15) is 14.4 Å². The number of pyridine rings is 1. The highest BCUT2D eigenvalue weighted by Gasteiger charge is 2.27. The second-order valence-electron chi connectivity index (χ2n) is 7.30. The van der Waals surface area contributed by atoms with Crippen LogP contribution in [0.15, 0.2) is 36.7 Å². The van der Waals surface area contributed by atoms with E-state index in [0.29, 0.717) is 35.8 Å². The first kappa shape index (κ1) is 24.0. The van der Waals surface area contributed by atoms with Crippen LogP contribution in [0.25, 0.3) is 0 Å². The molecular weight excluding hydrogens is 430 g/mol. The minimum atomic E-state index is -0.424. The Labute approximate surface area is 191 Å². The number of nitrogens with one attached hydrogen (secondary N) is 1. The lowest BCUT2D eigenvalue weighted by Crippen LogP contribution is -2.50. The monoisotopic (exact) mass is 457 g/mol. The summed E-state index contributed by atoms with van der Waals surface area (Å²) in [6, 6.07) is 6.52. The number of rotatable bonds is 9. The van der Waals surface area contributed by atoms with E-state index in [2.05, 4.69) is 10.3 Å². The molecule has 2 amide bonds. The van der Waals surface area contributed by atoms with E-state index in [-0.39, 0.29) is 43.0 Å². The van der Waals surface area contributed by atoms with Gasteiger partial charge in [0.15, 0.2) is 17.3 Å². The molecule has 0 bridgehead atoms. The number of methoxy groups -OCH3 is 2. The van der Waals surface area contributed by atoms with Crippen LogP contribution < -0.4 is 19.5 Å². The first-order chi connectivity index (χ1) is 15.9. The predicted molar refractivity (Wildman–Crippen MR) is 118 cm³/mol. The predicted octanol–water partition coefficient (Wildman–Crippen LogP) is 1.34. The molecule has 176 valence electrons. The second-order valence-corrected chi connectivity index (χ2v) is 7.30. The zero-order valence-corrected chi connectivity index (χ0v) is 18.8. The smallest absolute Gasteiger partial charge is 0.253 e. The van der Waals surface area contributed by atoms with Crippen LogP contribution in [0.4, 0.5) is 0 Å². The average Bonchev–Trinajstić information content (AvgIpc) is 2.85. The maximum atomic E-state index is 12.6. The van der Waals surface area contributed by atoms with Crippen LogP contribution >= 0.6 is 0 Å². The van der Waals surface area contributed by atoms with E-state index >= 15 is 0 Å². The molecule has 1 aromatic carbocycles. The van der Waals surface area contributed by atoms with Crippen molar-refractivity contribution >= 4 is 17.6 Å². The van der Waals surface area contributed by atoms with Gasteiger partial charge >= 0.3 is 0 Å². The number of morpholine rings is 1. The molecule has 2 heterocycles. The first-order valence-electron chi connectivity index (χ1n) is 10.4. The standard InChI is InChI=1S/C23H27N3O7/c1-15(27)18-6-7-19(30-2)22(31-3)21(18)33-14-17-13-26(9-10-32-17)20(28)12-25-23(29)16-5-4-8-24-11-16/h4-8,11,17H,9-10,12-14H2,1-3H3,(H,25,29). The Kier molecular flexibility index (Phi) is 8.20. The van der Waals surface area contributed by atoms with Gasteiger partial charge in [-0.3, -0.25) is 19.4 Å². The summed E-state index contributed by atoms with van der Waals surface area (Å²) >= 11 is 0. The first-order valence-corrected chi connectivity index (χ1v) is 10.4. The fourth-order valence-electron chi connectivity index (χ4n) is 3.41. The highest BCUT2D eigenvalue weighted by atomic mass is 16.6. The molecule has 1 fully saturated rings. The maximum absolute atomic E-state index is 12.6. The maximum Gasteiger partial charge on any atom is 0.253 e. The van der Waals surface area contributed by atoms with Crippen LogP contribution in [0.2, 0.25) is 0 Å². The van der Waals surface area contributed by atoms with Crippen molar-refractivity contribution in [2.75, 3.05) is 47.1 Å². The quantitative estimate of drug-likeness (QED) is 0.561. The van der Waals surface area contributed by atoms with Crippen molar-refractivity contribution in [2.45, 2.75) is 13.0 Å². The van der Waals surface area contributed by atoms with Crippen LogP contribution in [0.1, 0.15) is 27.6 Å². The molecule has 1 unspecified atom stereocenters. The number of benzene rings is 1. The zero-order chi connectivity index (χ0) is 23.8. The van der Waals surface area contributed by atoms with Gasteiger partial charge in [0.25, 0.3) is 5.91 Å². The molecular formula is C23H27N3O7. The van der Waals surface area contributed by atoms with E-state index < -0.39 is 6.10 Å². The lowest BCUT2D eigenvalue weighted by Gasteiger charge is -2.33. The highest BCUT2D eigenvalue weighted by Crippen LogP contribution is 2.40. The van der Waals surface area contributed by atoms with Gasteiger partial charge in [0, 0.05) is 18.9 Å². The van der Waals surface area contributed by atoms with Crippen LogP contribution in [0, 0.1) is 0 Å². The summed E-state index contributed by atoms with van der Waals surface area (Å²) in [5, 5.41) is 2.61. The number of carbonyl (C=O) groups is 3. The zero-order valence-electron chi connectivity index (χ0n) is 18.8. The Morgan fingerprint density at radius 1 is 1.18 bits per heavy atom. The summed E-state index contributed by atoms with van der Waals surface area (Å²) in [5.74, 6) is 0.225. The van der Waals surface area contributed by atoms with Gasteiger partial charge < -0.3 is 29.2 Å². The summed E-state index contributed by atoms with van der Waals surface area (Å²) in [6.45, 7) is 2.40. The minimum Gasteiger partial charge on any atom is -0.493 e. The number of Topliss-reactive ketones (excluding diaryl/α,β-unsaturated/α-hetero) is 1. The number of ketones is 1. The van der Waals surface area contributed by atoms with Gasteiger partial charge in [-0.15, -0.1) is 0 Å². The molecule has 0 saturated carbocycles. The van der Waals surface area contributed by atoms with Gasteiger partial charge in [0.2, 0.25) is 11.7 Å². The van der Waals surface area contributed by atoms with E-state index in [1.54, 1.807) is 35.4 Å². The molecule has 1 saturated heterocycles. The number of ether oxygens (including phenoxy) is 4. The summed E-state index contributed by atoms with van der Waals surface area (Å²) in [4.78, 5) is 42.3. The normalized spacial score (nSPS) is 15.5. The van der Waals surface area contributed by atoms with Crippen molar-refractivity contribution in [3.8, 4) is 17.2 Å². The Morgan fingerprint density at radius 2 is 2.00 bits per heavy atom. The molecule has 1 atom stereocenters. The van der Waals surface area contributed by atoms with Crippen LogP contribution in [0.5, 0.6) is 17.2 Å². The average molecular weight is 457 g/mol. The van der Waals surface area contributed by atoms with E-state index in [1.807, 2.05) is 0 Å². The SMILES string of the molecule is COc1ccc(C(C)=O)c(OCC2CN(C(=O)CNC(=O)c3cccnc3)CCO2)c1OC. The number of hydrogen-bond acceptors (Lipinski definition) is 8. The van der Waals surface area contributed by atoms with Gasteiger partial charge in [0.1, 0.15) is 12.7 Å². The molecule has 1 aromatic heterocycles. The van der Waals surface area contributed by atoms with Gasteiger partial charge in [-0.2, -0.15) is 0 Å². The van der Waals surface area contributed by atoms with Crippen molar-refractivity contribution in [2.24, 2.45) is 0 Å². The Balaban J connectivity index is 1.59. The lowest BCUT2D eigenvalue weighted by molar-refractivity contribution is -0.138. The summed E-state index contributed by atoms with van der Waals surface area (Å²) in [7, 11) is 2.96. The third-order valence-corrected chi connectivity index (χ3v) is 5.11. The fourth-order valence-corrected chi connectivity index (χ4v) is 3.41. The molecule has 33 heavy (non-hydrogen) atoms. The molecule has 0 aliphatic carbocycles. The topological polar surface area (TPSA) is 116 Å². The third kappa shape index (κ3) is 5.98. The van der Waals surface area contributed by atoms with Crippen LogP contribution in [-0.2, 0) is 9.53 Å². The van der Waals surface area contributed by atoms with E-state index in [4.69, 9.17) is 18.9 Å². The number of aromatic nitrogens is 1. The molecule has 1 aliphatic rings. The molecule has 10 heteroatoms. The molecule has 10 nitrogen and oxygen atoms in total. The summed E-state index contributed by atoms with van der Waals surface area (Å²) < 4.78 is 22.3. The fraction of sp³-hybridized carbons (Fsp3) is 0.391. The molecule has 0 spiro atoms. The summed E-state index contributed by atoms with van der Waals surface area (Å²) in [6.07, 6.45) is 2.58. The summed E-state index contributed by atoms with van der Waals surface area (Å²) in [5.41, 5.74) is 0.738. The van der Waals surface area contributed by atoms with Gasteiger partial charge in [-0.1, -0.05) is 0 Å². The molecule has 0 radical (unpaired) electrons. The van der Waals surface area contributed by atoms with Gasteiger partial charge in [-0.25, -0.2) is 0 Å². The highest BCUT2D eigenvalue weighted by molar-refractivity contribution is 5.98. The van der Waals surface area contributed by atoms with Gasteiger partial charge in [0.05, 0.1) is 45.0 Å². The molecule has 2 aromatic rings. The molecule has 1 N–H and O–H groups in total. The Hall–Kier alpha value is -3.66. The molecule has 3 rings (SSSR count). The number of carbonyl (C=O) groups excluding carboxylic acids is 3. The third-order valence-electron chi connectivity index (χ3n) is 5.11. The number of nitrogens with zero attached hydrogens (tertiary/aromatic N) is 2. The van der Waals surface area contributed by atoms with Crippen molar-refractivity contribution < 1.29 is 33.3 Å². The number of amides is 2. The Morgan fingerprint density at radius 3 is 2.67 bits per heavy atom. The van der Waals surface area contributed by atoms with Crippen molar-refractivity contribution in [1.82, 2.24) is 15.2 Å². The lowest BCUT2D eigenvalue weighted by atomic mass is 10.1. The largest absolute Gasteiger partial charge is 0.493 e. The molecule has 1 aliphatic heterocycles. The van der Waals surface area contributed by atoms with Crippen molar-refractivity contribution in [3.05, 3.63) is 47.8 Å². The van der Waals surface area contributed by atoms with Crippen LogP contribution in [0.3, 0.4) is 0 Å². The van der Waals surface area contributed by atoms with Crippen molar-refractivity contribution in [3.63, 3.8) is 0 Å². The Bertz CT molecular complexity index is 997. The van der Waals surface area contributed by atoms with Crippen LogP contribution in [-0.4, -0.2) is 80.7 Å². The van der Waals surface area contributed by atoms with E-state index in [0.717, 1.165) is 0 Å². The van der Waals surface area contributed by atoms with Gasteiger partial charge in [-0.05, 0) is 31.2 Å².